The molecule has 13 heteroatoms. The molecule has 0 spiro atoms. The fourth-order valence-electron chi connectivity index (χ4n) is 2.77. The molecule has 11 nitrogen and oxygen atoms in total. The van der Waals surface area contributed by atoms with Crippen molar-refractivity contribution in [3.05, 3.63) is 39.8 Å². The summed E-state index contributed by atoms with van der Waals surface area (Å²) in [6.45, 7) is -1.97. The molecule has 1 amide bonds. The van der Waals surface area contributed by atoms with Crippen LogP contribution in [-0.4, -0.2) is 90.2 Å². The molecule has 1 heterocycles. The first-order chi connectivity index (χ1) is 14.1. The van der Waals surface area contributed by atoms with E-state index in [2.05, 4.69) is 9.97 Å². The molecule has 8 N–H and O–H groups in total. The Morgan fingerprint density at radius 1 is 1.07 bits per heavy atom. The molecule has 2 rings (SSSR count). The number of carbonyl (C=O) groups is 1. The number of rotatable bonds is 9. The molecule has 3 unspecified atom stereocenters. The van der Waals surface area contributed by atoms with E-state index >= 15 is 0 Å². The highest BCUT2D eigenvalue weighted by atomic mass is 19.2. The van der Waals surface area contributed by atoms with Crippen LogP contribution >= 0.6 is 0 Å². The van der Waals surface area contributed by atoms with Crippen LogP contribution in [0.5, 0.6) is 0 Å². The van der Waals surface area contributed by atoms with Gasteiger partial charge in [0.25, 0.3) is 5.56 Å². The smallest absolute Gasteiger partial charge is 0.270 e. The van der Waals surface area contributed by atoms with Crippen LogP contribution in [0.3, 0.4) is 0 Å². The standard InChI is InChI=1S/C17H21F2N3O8/c18-6-1-8-9(2-7(6)19)21-17(30)10(20-8)3-11(25)14(22-13(27)5-24)16(29)15(28)12(26)4-23/h1-2,11-12,14-16,23-26,28-29H,3-5H2,(H,21,30)(H,22,27)/t11-,12-,14?,15?,16?/m1/s1. The number of hydrogen-bond acceptors (Lipinski definition) is 9. The number of nitrogens with one attached hydrogen (secondary N) is 2. The predicted molar refractivity (Wildman–Crippen MR) is 96.1 cm³/mol. The third-order valence-corrected chi connectivity index (χ3v) is 4.39. The number of aromatic nitrogens is 2. The molecule has 0 bridgehead atoms. The lowest BCUT2D eigenvalue weighted by Gasteiger charge is -2.32. The number of nitrogens with zero attached hydrogens (tertiary/aromatic N) is 1. The zero-order valence-electron chi connectivity index (χ0n) is 15.4. The summed E-state index contributed by atoms with van der Waals surface area (Å²) >= 11 is 0. The van der Waals surface area contributed by atoms with E-state index in [1.165, 1.54) is 0 Å². The van der Waals surface area contributed by atoms with Crippen molar-refractivity contribution in [3.8, 4) is 0 Å². The van der Waals surface area contributed by atoms with Crippen LogP contribution in [0.1, 0.15) is 5.69 Å². The third-order valence-electron chi connectivity index (χ3n) is 4.39. The Morgan fingerprint density at radius 2 is 1.70 bits per heavy atom. The summed E-state index contributed by atoms with van der Waals surface area (Å²) in [5, 5.41) is 59.8. The van der Waals surface area contributed by atoms with E-state index in [1.54, 1.807) is 0 Å². The highest BCUT2D eigenvalue weighted by Crippen LogP contribution is 2.16. The van der Waals surface area contributed by atoms with Crippen molar-refractivity contribution in [3.63, 3.8) is 0 Å². The Labute approximate surface area is 167 Å². The first kappa shape index (κ1) is 23.7. The van der Waals surface area contributed by atoms with E-state index in [4.69, 9.17) is 10.2 Å². The minimum atomic E-state index is -2.02. The van der Waals surface area contributed by atoms with Gasteiger partial charge in [-0.25, -0.2) is 13.8 Å². The van der Waals surface area contributed by atoms with Crippen LogP contribution in [0.4, 0.5) is 8.78 Å². The lowest BCUT2D eigenvalue weighted by Crippen LogP contribution is -2.58. The van der Waals surface area contributed by atoms with Gasteiger partial charge >= 0.3 is 0 Å². The van der Waals surface area contributed by atoms with Crippen LogP contribution in [0.2, 0.25) is 0 Å². The van der Waals surface area contributed by atoms with E-state index in [0.717, 1.165) is 12.1 Å². The Kier molecular flexibility index (Phi) is 7.89. The topological polar surface area (TPSA) is 196 Å². The van der Waals surface area contributed by atoms with Gasteiger partial charge in [-0.1, -0.05) is 0 Å². The minimum Gasteiger partial charge on any atom is -0.394 e. The summed E-state index contributed by atoms with van der Waals surface area (Å²) in [5.74, 6) is -3.49. The number of hydrogen-bond donors (Lipinski definition) is 8. The minimum absolute atomic E-state index is 0.108. The Morgan fingerprint density at radius 3 is 2.30 bits per heavy atom. The predicted octanol–water partition coefficient (Wildman–Crippen LogP) is -3.34. The Bertz CT molecular complexity index is 956. The van der Waals surface area contributed by atoms with Gasteiger partial charge in [0, 0.05) is 18.6 Å². The second-order valence-corrected chi connectivity index (χ2v) is 6.55. The first-order valence-corrected chi connectivity index (χ1v) is 8.70. The molecule has 0 aliphatic carbocycles. The van der Waals surface area contributed by atoms with Gasteiger partial charge in [0.1, 0.15) is 30.6 Å². The van der Waals surface area contributed by atoms with E-state index in [-0.39, 0.29) is 16.7 Å². The van der Waals surface area contributed by atoms with Gasteiger partial charge in [-0.15, -0.1) is 0 Å². The van der Waals surface area contributed by atoms with Crippen molar-refractivity contribution < 1.29 is 44.2 Å². The summed E-state index contributed by atoms with van der Waals surface area (Å²) in [7, 11) is 0. The number of benzene rings is 1. The number of aliphatic hydroxyl groups excluding tert-OH is 6. The average molecular weight is 433 g/mol. The van der Waals surface area contributed by atoms with Crippen molar-refractivity contribution in [2.45, 2.75) is 36.9 Å². The van der Waals surface area contributed by atoms with E-state index in [9.17, 15) is 38.8 Å². The second kappa shape index (κ2) is 9.97. The lowest BCUT2D eigenvalue weighted by atomic mass is 9.94. The molecule has 1 aromatic carbocycles. The molecule has 166 valence electrons. The van der Waals surface area contributed by atoms with Gasteiger partial charge in [0.15, 0.2) is 11.6 Å². The summed E-state index contributed by atoms with van der Waals surface area (Å²) in [6.07, 6.45) is -8.26. The van der Waals surface area contributed by atoms with Crippen molar-refractivity contribution in [1.29, 1.82) is 0 Å². The van der Waals surface area contributed by atoms with Crippen LogP contribution in [0.25, 0.3) is 11.0 Å². The molecule has 1 aromatic heterocycles. The number of aromatic amines is 1. The highest BCUT2D eigenvalue weighted by molar-refractivity contribution is 5.77. The number of amides is 1. The van der Waals surface area contributed by atoms with Gasteiger partial charge in [0.2, 0.25) is 5.91 Å². The Hall–Kier alpha value is -2.55. The number of aliphatic hydroxyl groups is 6. The summed E-state index contributed by atoms with van der Waals surface area (Å²) in [4.78, 5) is 29.8. The quantitative estimate of drug-likeness (QED) is 0.199. The van der Waals surface area contributed by atoms with Crippen LogP contribution in [0.15, 0.2) is 16.9 Å². The Balaban J connectivity index is 2.34. The maximum Gasteiger partial charge on any atom is 0.270 e. The largest absolute Gasteiger partial charge is 0.394 e. The summed E-state index contributed by atoms with van der Waals surface area (Å²) in [6, 6.07) is -0.264. The van der Waals surface area contributed by atoms with E-state index in [1.807, 2.05) is 5.32 Å². The third kappa shape index (κ3) is 5.33. The highest BCUT2D eigenvalue weighted by Gasteiger charge is 2.36. The van der Waals surface area contributed by atoms with Crippen molar-refractivity contribution in [2.75, 3.05) is 13.2 Å². The fraction of sp³-hybridized carbons (Fsp3) is 0.471. The molecule has 5 atom stereocenters. The van der Waals surface area contributed by atoms with Crippen LogP contribution < -0.4 is 10.9 Å². The zero-order valence-corrected chi connectivity index (χ0v) is 15.4. The second-order valence-electron chi connectivity index (χ2n) is 6.55. The molecule has 0 fully saturated rings. The van der Waals surface area contributed by atoms with Crippen LogP contribution in [-0.2, 0) is 11.2 Å². The number of fused-ring (bicyclic) bond motifs is 1. The van der Waals surface area contributed by atoms with Gasteiger partial charge in [-0.2, -0.15) is 0 Å². The van der Waals surface area contributed by atoms with E-state index < -0.39 is 73.2 Å². The number of halogens is 2. The van der Waals surface area contributed by atoms with Crippen molar-refractivity contribution >= 4 is 16.9 Å². The van der Waals surface area contributed by atoms with Gasteiger partial charge in [-0.05, 0) is 0 Å². The van der Waals surface area contributed by atoms with Gasteiger partial charge in [0.05, 0.1) is 29.8 Å². The molecular formula is C17H21F2N3O8. The summed E-state index contributed by atoms with van der Waals surface area (Å²) in [5.41, 5.74) is -1.48. The van der Waals surface area contributed by atoms with Gasteiger partial charge in [-0.3, -0.25) is 9.59 Å². The maximum absolute atomic E-state index is 13.4. The molecule has 0 saturated heterocycles. The molecule has 0 aliphatic heterocycles. The lowest BCUT2D eigenvalue weighted by molar-refractivity contribution is -0.131. The molecule has 0 saturated carbocycles. The van der Waals surface area contributed by atoms with Gasteiger partial charge < -0.3 is 40.9 Å². The molecular weight excluding hydrogens is 412 g/mol. The monoisotopic (exact) mass is 433 g/mol. The molecule has 30 heavy (non-hydrogen) atoms. The molecule has 0 radical (unpaired) electrons. The van der Waals surface area contributed by atoms with Crippen molar-refractivity contribution in [1.82, 2.24) is 15.3 Å². The molecule has 0 aliphatic rings. The maximum atomic E-state index is 13.4. The average Bonchev–Trinajstić information content (AvgIpc) is 2.72. The number of carbonyl (C=O) groups excluding carboxylic acids is 1. The molecule has 2 aromatic rings. The zero-order chi connectivity index (χ0) is 22.6. The number of H-pyrrole nitrogens is 1. The van der Waals surface area contributed by atoms with Crippen LogP contribution in [0, 0.1) is 11.6 Å². The SMILES string of the molecule is O=C(CO)NC(C(O)C(O)[C@H](O)CO)[C@H](O)Cc1nc2cc(F)c(F)cc2[nH]c1=O. The fourth-order valence-corrected chi connectivity index (χ4v) is 2.77. The summed E-state index contributed by atoms with van der Waals surface area (Å²) < 4.78 is 26.7. The normalized spacial score (nSPS) is 16.7. The van der Waals surface area contributed by atoms with Crippen molar-refractivity contribution in [2.24, 2.45) is 0 Å². The first-order valence-electron chi connectivity index (χ1n) is 8.70. The van der Waals surface area contributed by atoms with E-state index in [0.29, 0.717) is 0 Å².